The third-order valence-corrected chi connectivity index (χ3v) is 3.48. The van der Waals surface area contributed by atoms with Crippen LogP contribution < -0.4 is 5.63 Å². The van der Waals surface area contributed by atoms with Crippen molar-refractivity contribution in [3.63, 3.8) is 0 Å². The molecule has 5 nitrogen and oxygen atoms in total. The number of aryl methyl sites for hydroxylation is 1. The Morgan fingerprint density at radius 2 is 1.95 bits per heavy atom. The second kappa shape index (κ2) is 5.00. The SMILES string of the molecule is CCC(C)C(=O)c1c(O)cc(O)c2c(C)cc(=O)oc12. The summed E-state index contributed by atoms with van der Waals surface area (Å²) in [6.45, 7) is 5.21. The third-order valence-electron chi connectivity index (χ3n) is 3.48. The highest BCUT2D eigenvalue weighted by Crippen LogP contribution is 2.37. The maximum atomic E-state index is 12.3. The quantitative estimate of drug-likeness (QED) is 0.664. The van der Waals surface area contributed by atoms with E-state index < -0.39 is 5.63 Å². The standard InChI is InChI=1S/C15H16O5/c1-4-7(2)14(19)13-10(17)6-9(16)12-8(3)5-11(18)20-15(12)13/h5-7,16-17H,4H2,1-3H3. The molecule has 0 fully saturated rings. The highest BCUT2D eigenvalue weighted by Gasteiger charge is 2.24. The van der Waals surface area contributed by atoms with Crippen LogP contribution in [-0.4, -0.2) is 16.0 Å². The number of rotatable bonds is 3. The molecule has 1 atom stereocenters. The van der Waals surface area contributed by atoms with Crippen LogP contribution in [-0.2, 0) is 0 Å². The number of aromatic hydroxyl groups is 2. The van der Waals surface area contributed by atoms with Gasteiger partial charge in [0.05, 0.1) is 5.39 Å². The third kappa shape index (κ3) is 2.15. The molecule has 2 rings (SSSR count). The molecule has 0 spiro atoms. The molecule has 0 saturated carbocycles. The number of ketones is 1. The number of phenolic OH excluding ortho intramolecular Hbond substituents is 2. The van der Waals surface area contributed by atoms with E-state index in [4.69, 9.17) is 4.42 Å². The first-order valence-electron chi connectivity index (χ1n) is 6.40. The van der Waals surface area contributed by atoms with E-state index >= 15 is 0 Å². The zero-order valence-corrected chi connectivity index (χ0v) is 11.6. The molecule has 0 aliphatic carbocycles. The van der Waals surface area contributed by atoms with E-state index in [1.54, 1.807) is 13.8 Å². The topological polar surface area (TPSA) is 87.7 Å². The fraction of sp³-hybridized carbons (Fsp3) is 0.333. The average Bonchev–Trinajstić information content (AvgIpc) is 2.35. The highest BCUT2D eigenvalue weighted by molar-refractivity contribution is 6.11. The van der Waals surface area contributed by atoms with Crippen LogP contribution in [0.3, 0.4) is 0 Å². The largest absolute Gasteiger partial charge is 0.507 e. The van der Waals surface area contributed by atoms with Gasteiger partial charge in [0, 0.05) is 18.1 Å². The molecule has 0 aliphatic rings. The molecular formula is C15H16O5. The molecule has 0 radical (unpaired) electrons. The predicted molar refractivity (Wildman–Crippen MR) is 74.3 cm³/mol. The minimum Gasteiger partial charge on any atom is -0.507 e. The van der Waals surface area contributed by atoms with Crippen molar-refractivity contribution in [3.05, 3.63) is 33.7 Å². The molecule has 106 valence electrons. The first-order valence-corrected chi connectivity index (χ1v) is 6.40. The molecule has 1 aromatic heterocycles. The normalized spacial score (nSPS) is 12.6. The van der Waals surface area contributed by atoms with E-state index in [0.717, 1.165) is 6.07 Å². The lowest BCUT2D eigenvalue weighted by Crippen LogP contribution is -2.12. The van der Waals surface area contributed by atoms with Gasteiger partial charge in [-0.05, 0) is 18.9 Å². The van der Waals surface area contributed by atoms with Gasteiger partial charge in [-0.2, -0.15) is 0 Å². The number of phenols is 2. The van der Waals surface area contributed by atoms with Gasteiger partial charge < -0.3 is 14.6 Å². The zero-order valence-electron chi connectivity index (χ0n) is 11.6. The minimum atomic E-state index is -0.627. The summed E-state index contributed by atoms with van der Waals surface area (Å²) < 4.78 is 5.05. The van der Waals surface area contributed by atoms with E-state index in [1.165, 1.54) is 6.07 Å². The van der Waals surface area contributed by atoms with Gasteiger partial charge >= 0.3 is 5.63 Å². The Kier molecular flexibility index (Phi) is 3.53. The van der Waals surface area contributed by atoms with Crippen LogP contribution in [0.1, 0.15) is 36.2 Å². The van der Waals surface area contributed by atoms with Gasteiger partial charge in [-0.1, -0.05) is 13.8 Å². The second-order valence-electron chi connectivity index (χ2n) is 4.92. The first-order chi connectivity index (χ1) is 9.36. The molecule has 0 saturated heterocycles. The monoisotopic (exact) mass is 276 g/mol. The van der Waals surface area contributed by atoms with Crippen molar-refractivity contribution in [1.82, 2.24) is 0 Å². The van der Waals surface area contributed by atoms with Crippen molar-refractivity contribution in [3.8, 4) is 11.5 Å². The van der Waals surface area contributed by atoms with Gasteiger partial charge in [0.1, 0.15) is 17.1 Å². The van der Waals surface area contributed by atoms with E-state index in [2.05, 4.69) is 0 Å². The number of fused-ring (bicyclic) bond motifs is 1. The Balaban J connectivity index is 2.90. The summed E-state index contributed by atoms with van der Waals surface area (Å²) >= 11 is 0. The zero-order chi connectivity index (χ0) is 15.0. The molecular weight excluding hydrogens is 260 g/mol. The smallest absolute Gasteiger partial charge is 0.336 e. The van der Waals surface area contributed by atoms with Gasteiger partial charge in [-0.3, -0.25) is 4.79 Å². The average molecular weight is 276 g/mol. The summed E-state index contributed by atoms with van der Waals surface area (Å²) in [4.78, 5) is 23.8. The second-order valence-corrected chi connectivity index (χ2v) is 4.92. The first kappa shape index (κ1) is 14.1. The van der Waals surface area contributed by atoms with E-state index in [-0.39, 0.29) is 39.7 Å². The number of hydrogen-bond donors (Lipinski definition) is 2. The summed E-state index contributed by atoms with van der Waals surface area (Å²) in [6.07, 6.45) is 0.594. The number of hydrogen-bond acceptors (Lipinski definition) is 5. The molecule has 0 amide bonds. The Labute approximate surface area is 115 Å². The number of carbonyl (C=O) groups excluding carboxylic acids is 1. The van der Waals surface area contributed by atoms with E-state index in [1.807, 2.05) is 6.92 Å². The number of benzene rings is 1. The van der Waals surface area contributed by atoms with Crippen molar-refractivity contribution >= 4 is 16.8 Å². The molecule has 0 bridgehead atoms. The summed E-state index contributed by atoms with van der Waals surface area (Å²) in [7, 11) is 0. The fourth-order valence-electron chi connectivity index (χ4n) is 2.16. The van der Waals surface area contributed by atoms with Crippen LogP contribution >= 0.6 is 0 Å². The van der Waals surface area contributed by atoms with Gasteiger partial charge in [0.15, 0.2) is 11.4 Å². The Morgan fingerprint density at radius 3 is 2.55 bits per heavy atom. The van der Waals surface area contributed by atoms with Crippen molar-refractivity contribution in [2.45, 2.75) is 27.2 Å². The highest BCUT2D eigenvalue weighted by atomic mass is 16.4. The van der Waals surface area contributed by atoms with Gasteiger partial charge in [-0.25, -0.2) is 4.79 Å². The van der Waals surface area contributed by atoms with E-state index in [0.29, 0.717) is 12.0 Å². The molecule has 20 heavy (non-hydrogen) atoms. The van der Waals surface area contributed by atoms with Crippen molar-refractivity contribution < 1.29 is 19.4 Å². The lowest BCUT2D eigenvalue weighted by atomic mass is 9.94. The summed E-state index contributed by atoms with van der Waals surface area (Å²) in [5.74, 6) is -1.24. The van der Waals surface area contributed by atoms with Crippen LogP contribution in [0.4, 0.5) is 0 Å². The van der Waals surface area contributed by atoms with Crippen LogP contribution in [0, 0.1) is 12.8 Å². The van der Waals surface area contributed by atoms with Gasteiger partial charge in [0.2, 0.25) is 0 Å². The number of Topliss-reactive ketones (excluding diaryl/α,β-unsaturated/α-hetero) is 1. The number of carbonyl (C=O) groups is 1. The molecule has 5 heteroatoms. The molecule has 2 N–H and O–H groups in total. The molecule has 1 heterocycles. The molecule has 2 aromatic rings. The van der Waals surface area contributed by atoms with E-state index in [9.17, 15) is 19.8 Å². The minimum absolute atomic E-state index is 0.0482. The van der Waals surface area contributed by atoms with Crippen molar-refractivity contribution in [2.24, 2.45) is 5.92 Å². The van der Waals surface area contributed by atoms with Crippen LogP contribution in [0.15, 0.2) is 21.3 Å². The lowest BCUT2D eigenvalue weighted by Gasteiger charge is -2.13. The molecule has 1 aromatic carbocycles. The lowest BCUT2D eigenvalue weighted by molar-refractivity contribution is 0.0925. The van der Waals surface area contributed by atoms with Crippen molar-refractivity contribution in [1.29, 1.82) is 0 Å². The molecule has 0 aliphatic heterocycles. The predicted octanol–water partition coefficient (Wildman–Crippen LogP) is 2.74. The van der Waals surface area contributed by atoms with Crippen LogP contribution in [0.2, 0.25) is 0 Å². The fourth-order valence-corrected chi connectivity index (χ4v) is 2.16. The summed E-state index contributed by atoms with van der Waals surface area (Å²) in [5, 5.41) is 20.1. The maximum absolute atomic E-state index is 12.3. The maximum Gasteiger partial charge on any atom is 0.336 e. The van der Waals surface area contributed by atoms with Gasteiger partial charge in [0.25, 0.3) is 0 Å². The Bertz CT molecular complexity index is 742. The summed E-state index contributed by atoms with van der Waals surface area (Å²) in [5.41, 5.74) is -0.240. The summed E-state index contributed by atoms with van der Waals surface area (Å²) in [6, 6.07) is 2.33. The van der Waals surface area contributed by atoms with Crippen LogP contribution in [0.5, 0.6) is 11.5 Å². The Morgan fingerprint density at radius 1 is 1.30 bits per heavy atom. The van der Waals surface area contributed by atoms with Crippen LogP contribution in [0.25, 0.3) is 11.0 Å². The Hall–Kier alpha value is -2.30. The molecule has 1 unspecified atom stereocenters. The van der Waals surface area contributed by atoms with Gasteiger partial charge in [-0.15, -0.1) is 0 Å². The van der Waals surface area contributed by atoms with Crippen molar-refractivity contribution in [2.75, 3.05) is 0 Å².